The number of aliphatic carboxylic acids is 1. The van der Waals surface area contributed by atoms with Gasteiger partial charge in [0.1, 0.15) is 5.75 Å². The maximum Gasteiger partial charge on any atom is 0.303 e. The highest BCUT2D eigenvalue weighted by Gasteiger charge is 2.67. The predicted octanol–water partition coefficient (Wildman–Crippen LogP) is 4.97. The molecule has 0 saturated heterocycles. The second-order valence-corrected chi connectivity index (χ2v) is 8.78. The van der Waals surface area contributed by atoms with Crippen molar-refractivity contribution in [3.05, 3.63) is 29.3 Å². The van der Waals surface area contributed by atoms with Gasteiger partial charge >= 0.3 is 5.97 Å². The van der Waals surface area contributed by atoms with Gasteiger partial charge in [0.2, 0.25) is 0 Å². The lowest BCUT2D eigenvalue weighted by Crippen LogP contribution is -2.47. The predicted molar refractivity (Wildman–Crippen MR) is 93.4 cm³/mol. The van der Waals surface area contributed by atoms with Crippen LogP contribution in [0.1, 0.15) is 62.5 Å². The Balaban J connectivity index is 1.69. The average Bonchev–Trinajstić information content (AvgIpc) is 2.78. The molecule has 4 rings (SSSR count). The zero-order valence-electron chi connectivity index (χ0n) is 15.0. The van der Waals surface area contributed by atoms with Gasteiger partial charge in [0, 0.05) is 18.3 Å². The molecule has 3 nitrogen and oxygen atoms in total. The first-order chi connectivity index (χ1) is 12.2. The average molecular weight is 364 g/mol. The minimum absolute atomic E-state index is 0.0326. The standard InChI is InChI=1S/C21H26F2O3/c1-20-9-8-16-15-6-4-14(24)10-12(15)2-5-17(16)19(20)13(3-7-18(25)26)11-21(20,22)23/h4,6,10,13,16-17,19,24H,2-3,5,7-9,11H2,1H3,(H,25,26)/t13-,16-,17?,19+,20+/m1/s1. The summed E-state index contributed by atoms with van der Waals surface area (Å²) >= 11 is 0. The van der Waals surface area contributed by atoms with Crippen LogP contribution in [0.4, 0.5) is 8.78 Å². The van der Waals surface area contributed by atoms with Gasteiger partial charge in [-0.25, -0.2) is 8.78 Å². The van der Waals surface area contributed by atoms with E-state index in [4.69, 9.17) is 5.11 Å². The van der Waals surface area contributed by atoms with Gasteiger partial charge in [0.15, 0.2) is 0 Å². The van der Waals surface area contributed by atoms with Gasteiger partial charge in [-0.1, -0.05) is 13.0 Å². The van der Waals surface area contributed by atoms with E-state index in [9.17, 15) is 18.7 Å². The summed E-state index contributed by atoms with van der Waals surface area (Å²) in [5.74, 6) is -3.29. The van der Waals surface area contributed by atoms with Crippen molar-refractivity contribution in [2.24, 2.45) is 23.2 Å². The fraction of sp³-hybridized carbons (Fsp3) is 0.667. The summed E-state index contributed by atoms with van der Waals surface area (Å²) in [6, 6.07) is 5.47. The SMILES string of the molecule is C[C@]12CC[C@@H]3c4ccc(O)cc4CCC3[C@@H]1[C@H](CCC(=O)O)CC2(F)F. The first-order valence-corrected chi connectivity index (χ1v) is 9.64. The maximum absolute atomic E-state index is 15.0. The van der Waals surface area contributed by atoms with E-state index in [2.05, 4.69) is 0 Å². The molecule has 0 aliphatic heterocycles. The van der Waals surface area contributed by atoms with Gasteiger partial charge in [-0.2, -0.15) is 0 Å². The van der Waals surface area contributed by atoms with Crippen molar-refractivity contribution in [3.8, 4) is 5.75 Å². The van der Waals surface area contributed by atoms with E-state index in [1.165, 1.54) is 5.56 Å². The monoisotopic (exact) mass is 364 g/mol. The molecule has 3 aliphatic carbocycles. The lowest BCUT2D eigenvalue weighted by atomic mass is 9.53. The quantitative estimate of drug-likeness (QED) is 0.796. The molecule has 0 radical (unpaired) electrons. The van der Waals surface area contributed by atoms with Gasteiger partial charge in [0.05, 0.1) is 0 Å². The second-order valence-electron chi connectivity index (χ2n) is 8.78. The Labute approximate surface area is 152 Å². The molecule has 0 bridgehead atoms. The van der Waals surface area contributed by atoms with E-state index in [0.717, 1.165) is 24.8 Å². The van der Waals surface area contributed by atoms with Gasteiger partial charge < -0.3 is 10.2 Å². The number of alkyl halides is 2. The summed E-state index contributed by atoms with van der Waals surface area (Å²) in [5.41, 5.74) is 1.32. The molecule has 1 aromatic rings. The number of benzene rings is 1. The van der Waals surface area contributed by atoms with Crippen LogP contribution in [-0.4, -0.2) is 22.1 Å². The molecule has 0 heterocycles. The number of carboxylic acid groups (broad SMARTS) is 1. The summed E-state index contributed by atoms with van der Waals surface area (Å²) in [6.07, 6.45) is 3.02. The number of rotatable bonds is 3. The first-order valence-electron chi connectivity index (χ1n) is 9.64. The number of halogens is 2. The normalized spacial score (nSPS) is 37.5. The van der Waals surface area contributed by atoms with Crippen LogP contribution in [0.15, 0.2) is 18.2 Å². The Morgan fingerprint density at radius 3 is 2.81 bits per heavy atom. The lowest BCUT2D eigenvalue weighted by molar-refractivity contribution is -0.137. The van der Waals surface area contributed by atoms with Crippen LogP contribution < -0.4 is 0 Å². The number of fused-ring (bicyclic) bond motifs is 5. The number of aryl methyl sites for hydroxylation is 1. The number of aromatic hydroxyl groups is 1. The van der Waals surface area contributed by atoms with Crippen LogP contribution in [0.2, 0.25) is 0 Å². The van der Waals surface area contributed by atoms with Crippen molar-refractivity contribution in [2.45, 2.75) is 63.7 Å². The van der Waals surface area contributed by atoms with Crippen molar-refractivity contribution in [1.82, 2.24) is 0 Å². The smallest absolute Gasteiger partial charge is 0.303 e. The first kappa shape index (κ1) is 17.7. The summed E-state index contributed by atoms with van der Waals surface area (Å²) in [6.45, 7) is 1.74. The molecule has 5 atom stereocenters. The molecule has 0 aromatic heterocycles. The van der Waals surface area contributed by atoms with Gasteiger partial charge in [-0.15, -0.1) is 0 Å². The van der Waals surface area contributed by atoms with Crippen LogP contribution in [0, 0.1) is 23.2 Å². The summed E-state index contributed by atoms with van der Waals surface area (Å²) in [4.78, 5) is 11.0. The highest BCUT2D eigenvalue weighted by atomic mass is 19.3. The van der Waals surface area contributed by atoms with E-state index in [0.29, 0.717) is 12.8 Å². The van der Waals surface area contributed by atoms with Crippen molar-refractivity contribution >= 4 is 5.97 Å². The Morgan fingerprint density at radius 1 is 1.31 bits per heavy atom. The molecular weight excluding hydrogens is 338 g/mol. The fourth-order valence-electron chi connectivity index (χ4n) is 6.39. The number of carbonyl (C=O) groups is 1. The van der Waals surface area contributed by atoms with Crippen molar-refractivity contribution in [2.75, 3.05) is 0 Å². The van der Waals surface area contributed by atoms with Gasteiger partial charge in [-0.3, -0.25) is 4.79 Å². The maximum atomic E-state index is 15.0. The summed E-state index contributed by atoms with van der Waals surface area (Å²) < 4.78 is 29.9. The molecule has 5 heteroatoms. The molecule has 26 heavy (non-hydrogen) atoms. The number of carboxylic acids is 1. The van der Waals surface area contributed by atoms with E-state index < -0.39 is 17.3 Å². The number of phenols is 1. The molecule has 1 aromatic carbocycles. The zero-order chi connectivity index (χ0) is 18.7. The number of phenolic OH excluding ortho intramolecular Hbond substituents is 1. The van der Waals surface area contributed by atoms with Crippen LogP contribution in [0.5, 0.6) is 5.75 Å². The third kappa shape index (κ3) is 2.54. The minimum Gasteiger partial charge on any atom is -0.508 e. The van der Waals surface area contributed by atoms with E-state index in [-0.39, 0.29) is 42.3 Å². The van der Waals surface area contributed by atoms with Gasteiger partial charge in [-0.05, 0) is 79.0 Å². The van der Waals surface area contributed by atoms with Gasteiger partial charge in [0.25, 0.3) is 5.92 Å². The third-order valence-corrected chi connectivity index (χ3v) is 7.55. The highest BCUT2D eigenvalue weighted by molar-refractivity contribution is 5.66. The van der Waals surface area contributed by atoms with Crippen molar-refractivity contribution < 1.29 is 23.8 Å². The highest BCUT2D eigenvalue weighted by Crippen LogP contribution is 2.68. The van der Waals surface area contributed by atoms with Crippen LogP contribution in [0.3, 0.4) is 0 Å². The molecule has 2 saturated carbocycles. The minimum atomic E-state index is -2.72. The van der Waals surface area contributed by atoms with E-state index in [1.54, 1.807) is 13.0 Å². The number of hydrogen-bond acceptors (Lipinski definition) is 2. The molecule has 0 amide bonds. The Morgan fingerprint density at radius 2 is 2.08 bits per heavy atom. The summed E-state index contributed by atoms with van der Waals surface area (Å²) in [5, 5.41) is 18.8. The Kier molecular flexibility index (Phi) is 4.05. The molecule has 1 unspecified atom stereocenters. The van der Waals surface area contributed by atoms with E-state index in [1.807, 2.05) is 12.1 Å². The third-order valence-electron chi connectivity index (χ3n) is 7.55. The molecule has 142 valence electrons. The Hall–Kier alpha value is -1.65. The summed E-state index contributed by atoms with van der Waals surface area (Å²) in [7, 11) is 0. The van der Waals surface area contributed by atoms with E-state index >= 15 is 0 Å². The second kappa shape index (κ2) is 5.93. The van der Waals surface area contributed by atoms with Crippen molar-refractivity contribution in [3.63, 3.8) is 0 Å². The molecule has 2 fully saturated rings. The number of hydrogen-bond donors (Lipinski definition) is 2. The molecule has 3 aliphatic rings. The Bertz CT molecular complexity index is 732. The molecule has 2 N–H and O–H groups in total. The topological polar surface area (TPSA) is 57.5 Å². The largest absolute Gasteiger partial charge is 0.508 e. The van der Waals surface area contributed by atoms with Crippen molar-refractivity contribution in [1.29, 1.82) is 0 Å². The van der Waals surface area contributed by atoms with Crippen LogP contribution in [-0.2, 0) is 11.2 Å². The fourth-order valence-corrected chi connectivity index (χ4v) is 6.39. The molecule has 0 spiro atoms. The van der Waals surface area contributed by atoms with Crippen LogP contribution in [0.25, 0.3) is 0 Å². The molecular formula is C21H26F2O3. The zero-order valence-corrected chi connectivity index (χ0v) is 15.0. The lowest BCUT2D eigenvalue weighted by Gasteiger charge is -2.51. The van der Waals surface area contributed by atoms with Crippen LogP contribution >= 0.6 is 0 Å².